The first-order valence-electron chi connectivity index (χ1n) is 12.9. The lowest BCUT2D eigenvalue weighted by Gasteiger charge is -2.26. The summed E-state index contributed by atoms with van der Waals surface area (Å²) in [6, 6.07) is 26.2. The van der Waals surface area contributed by atoms with Gasteiger partial charge in [0.1, 0.15) is 0 Å². The highest BCUT2D eigenvalue weighted by molar-refractivity contribution is 7.92. The maximum absolute atomic E-state index is 13.9. The van der Waals surface area contributed by atoms with Crippen LogP contribution in [-0.4, -0.2) is 43.2 Å². The van der Waals surface area contributed by atoms with E-state index in [1.807, 2.05) is 31.2 Å². The molecule has 9 heteroatoms. The van der Waals surface area contributed by atoms with Gasteiger partial charge in [-0.1, -0.05) is 42.0 Å². The van der Waals surface area contributed by atoms with E-state index >= 15 is 0 Å². The van der Waals surface area contributed by atoms with Crippen LogP contribution in [0, 0.1) is 6.92 Å². The Bertz CT molecular complexity index is 1890. The number of benzene rings is 4. The summed E-state index contributed by atoms with van der Waals surface area (Å²) in [4.78, 5) is 31.7. The number of nitrogens with two attached hydrogens (primary N) is 1. The number of aryl methyl sites for hydroxylation is 1. The minimum atomic E-state index is -3.97. The number of nitrogen functional groups attached to an aromatic ring is 1. The van der Waals surface area contributed by atoms with E-state index in [2.05, 4.69) is 0 Å². The molecule has 0 fully saturated rings. The topological polar surface area (TPSA) is 114 Å². The van der Waals surface area contributed by atoms with Crippen LogP contribution in [0.3, 0.4) is 0 Å². The lowest BCUT2D eigenvalue weighted by Crippen LogP contribution is -2.36. The predicted octanol–water partition coefficient (Wildman–Crippen LogP) is 5.16. The van der Waals surface area contributed by atoms with Crippen molar-refractivity contribution in [2.45, 2.75) is 18.2 Å². The summed E-state index contributed by atoms with van der Waals surface area (Å²) in [6.45, 7) is 2.03. The van der Waals surface area contributed by atoms with E-state index in [9.17, 15) is 18.0 Å². The normalized spacial score (nSPS) is 13.3. The minimum Gasteiger partial charge on any atom is -0.399 e. The van der Waals surface area contributed by atoms with E-state index < -0.39 is 10.0 Å². The van der Waals surface area contributed by atoms with Gasteiger partial charge >= 0.3 is 0 Å². The summed E-state index contributed by atoms with van der Waals surface area (Å²) in [5, 5.41) is 1.79. The van der Waals surface area contributed by atoms with Gasteiger partial charge in [-0.25, -0.2) is 13.4 Å². The Morgan fingerprint density at radius 1 is 0.800 bits per heavy atom. The number of rotatable bonds is 7. The molecule has 0 saturated carbocycles. The Labute approximate surface area is 231 Å². The fraction of sp³-hybridized carbons (Fsp3) is 0.129. The summed E-state index contributed by atoms with van der Waals surface area (Å²) in [7, 11) is -3.97. The van der Waals surface area contributed by atoms with Crippen molar-refractivity contribution in [3.05, 3.63) is 108 Å². The molecule has 0 unspecified atom stereocenters. The van der Waals surface area contributed by atoms with Crippen LogP contribution in [0.15, 0.2) is 95.9 Å². The Balaban J connectivity index is 1.35. The summed E-state index contributed by atoms with van der Waals surface area (Å²) in [5.41, 5.74) is 9.99. The third kappa shape index (κ3) is 4.44. The molecule has 1 aromatic heterocycles. The Morgan fingerprint density at radius 3 is 2.10 bits per heavy atom. The highest BCUT2D eigenvalue weighted by Crippen LogP contribution is 2.30. The Hall–Kier alpha value is -4.76. The molecule has 2 amide bonds. The molecule has 0 bridgehead atoms. The molecule has 0 radical (unpaired) electrons. The van der Waals surface area contributed by atoms with Gasteiger partial charge in [-0.05, 0) is 67.9 Å². The van der Waals surface area contributed by atoms with Crippen molar-refractivity contribution in [2.75, 3.05) is 23.1 Å². The van der Waals surface area contributed by atoms with Crippen LogP contribution in [0.5, 0.6) is 0 Å². The summed E-state index contributed by atoms with van der Waals surface area (Å²) < 4.78 is 29.1. The van der Waals surface area contributed by atoms with Crippen LogP contribution in [0.25, 0.3) is 21.8 Å². The van der Waals surface area contributed by atoms with Crippen molar-refractivity contribution >= 4 is 55.0 Å². The van der Waals surface area contributed by atoms with Crippen LogP contribution in [0.2, 0.25) is 0 Å². The molecule has 0 saturated heterocycles. The molecule has 4 aromatic carbocycles. The lowest BCUT2D eigenvalue weighted by atomic mass is 10.1. The number of hydrogen-bond acceptors (Lipinski definition) is 6. The largest absolute Gasteiger partial charge is 0.399 e. The zero-order valence-electron chi connectivity index (χ0n) is 21.7. The summed E-state index contributed by atoms with van der Waals surface area (Å²) in [6.07, 6.45) is 0.246. The SMILES string of the molecule is Cc1ccc(S(=O)(=O)N(CCCN2C(=O)c3ccccc3C2=O)c2ccc3cc4ccc(N)cc4nc3c2)cc1. The number of sulfonamides is 1. The number of carbonyl (C=O) groups is 2. The van der Waals surface area contributed by atoms with Gasteiger partial charge in [-0.15, -0.1) is 0 Å². The first-order chi connectivity index (χ1) is 19.2. The van der Waals surface area contributed by atoms with Crippen LogP contribution < -0.4 is 10.0 Å². The predicted molar refractivity (Wildman–Crippen MR) is 156 cm³/mol. The van der Waals surface area contributed by atoms with Crippen molar-refractivity contribution in [1.82, 2.24) is 9.88 Å². The van der Waals surface area contributed by atoms with E-state index in [1.54, 1.807) is 66.7 Å². The van der Waals surface area contributed by atoms with Crippen LogP contribution >= 0.6 is 0 Å². The standard InChI is InChI=1S/C31H26N4O4S/c1-20-7-13-25(14-8-20)40(38,39)35(16-4-15-34-30(36)26-5-2-3-6-27(26)31(34)37)24-12-10-22-17-21-9-11-23(32)18-28(21)33-29(22)19-24/h2-3,5-14,17-19H,4,15-16,32H2,1H3. The van der Waals surface area contributed by atoms with Gasteiger partial charge in [-0.2, -0.15) is 0 Å². The lowest BCUT2D eigenvalue weighted by molar-refractivity contribution is 0.0653. The third-order valence-electron chi connectivity index (χ3n) is 7.14. The van der Waals surface area contributed by atoms with Crippen LogP contribution in [0.1, 0.15) is 32.7 Å². The molecule has 1 aliphatic heterocycles. The number of amides is 2. The molecule has 1 aliphatic rings. The molecule has 0 atom stereocenters. The number of anilines is 2. The molecule has 2 heterocycles. The summed E-state index contributed by atoms with van der Waals surface area (Å²) >= 11 is 0. The minimum absolute atomic E-state index is 0.0512. The van der Waals surface area contributed by atoms with Crippen molar-refractivity contribution in [1.29, 1.82) is 0 Å². The van der Waals surface area contributed by atoms with E-state index in [4.69, 9.17) is 10.7 Å². The monoisotopic (exact) mass is 550 g/mol. The van der Waals surface area contributed by atoms with E-state index in [0.29, 0.717) is 33.5 Å². The smallest absolute Gasteiger partial charge is 0.264 e. The number of pyridine rings is 1. The zero-order chi connectivity index (χ0) is 28.0. The highest BCUT2D eigenvalue weighted by Gasteiger charge is 2.35. The van der Waals surface area contributed by atoms with E-state index in [-0.39, 0.29) is 36.2 Å². The van der Waals surface area contributed by atoms with Crippen molar-refractivity contribution in [2.24, 2.45) is 0 Å². The molecular weight excluding hydrogens is 524 g/mol. The molecule has 6 rings (SSSR count). The van der Waals surface area contributed by atoms with Gasteiger partial charge in [0.05, 0.1) is 32.7 Å². The number of aromatic nitrogens is 1. The van der Waals surface area contributed by atoms with Gasteiger partial charge in [0.2, 0.25) is 0 Å². The van der Waals surface area contributed by atoms with E-state index in [0.717, 1.165) is 16.3 Å². The second-order valence-electron chi connectivity index (χ2n) is 9.87. The average molecular weight is 551 g/mol. The first-order valence-corrected chi connectivity index (χ1v) is 14.3. The molecule has 2 N–H and O–H groups in total. The highest BCUT2D eigenvalue weighted by atomic mass is 32.2. The van der Waals surface area contributed by atoms with Gasteiger partial charge in [0.15, 0.2) is 0 Å². The van der Waals surface area contributed by atoms with Gasteiger partial charge in [0, 0.05) is 29.5 Å². The van der Waals surface area contributed by atoms with Crippen molar-refractivity contribution < 1.29 is 18.0 Å². The molecule has 0 spiro atoms. The zero-order valence-corrected chi connectivity index (χ0v) is 22.6. The number of imide groups is 1. The number of nitrogens with zero attached hydrogens (tertiary/aromatic N) is 3. The number of carbonyl (C=O) groups excluding carboxylic acids is 2. The van der Waals surface area contributed by atoms with Crippen molar-refractivity contribution in [3.8, 4) is 0 Å². The maximum atomic E-state index is 13.9. The molecule has 200 valence electrons. The maximum Gasteiger partial charge on any atom is 0.264 e. The molecule has 5 aromatic rings. The average Bonchev–Trinajstić information content (AvgIpc) is 3.19. The molecule has 0 aliphatic carbocycles. The number of fused-ring (bicyclic) bond motifs is 3. The van der Waals surface area contributed by atoms with Gasteiger partial charge in [-0.3, -0.25) is 18.8 Å². The van der Waals surface area contributed by atoms with Crippen LogP contribution in [0.4, 0.5) is 11.4 Å². The third-order valence-corrected chi connectivity index (χ3v) is 8.98. The fourth-order valence-electron chi connectivity index (χ4n) is 5.02. The van der Waals surface area contributed by atoms with Crippen LogP contribution in [-0.2, 0) is 10.0 Å². The first kappa shape index (κ1) is 25.5. The van der Waals surface area contributed by atoms with Gasteiger partial charge < -0.3 is 5.73 Å². The Kier molecular flexibility index (Phi) is 6.23. The quantitative estimate of drug-likeness (QED) is 0.170. The second-order valence-corrected chi connectivity index (χ2v) is 11.7. The van der Waals surface area contributed by atoms with Crippen molar-refractivity contribution in [3.63, 3.8) is 0 Å². The Morgan fingerprint density at radius 2 is 1.43 bits per heavy atom. The number of hydrogen-bond donors (Lipinski definition) is 1. The molecule has 40 heavy (non-hydrogen) atoms. The summed E-state index contributed by atoms with van der Waals surface area (Å²) in [5.74, 6) is -0.732. The van der Waals surface area contributed by atoms with E-state index in [1.165, 1.54) is 9.21 Å². The molecular formula is C31H26N4O4S. The van der Waals surface area contributed by atoms with Gasteiger partial charge in [0.25, 0.3) is 21.8 Å². The second kappa shape index (κ2) is 9.77. The fourth-order valence-corrected chi connectivity index (χ4v) is 6.52. The molecule has 8 nitrogen and oxygen atoms in total.